The molecule has 0 radical (unpaired) electrons. The molecule has 0 saturated carbocycles. The maximum atomic E-state index is 11.3. The van der Waals surface area contributed by atoms with Crippen molar-refractivity contribution >= 4 is 5.97 Å². The first-order chi connectivity index (χ1) is 7.49. The molecule has 88 valence electrons. The number of phenolic OH excluding ortho intramolecular Hbond substituents is 1. The molecule has 0 heterocycles. The van der Waals surface area contributed by atoms with E-state index in [4.69, 9.17) is 4.74 Å². The quantitative estimate of drug-likeness (QED) is 0.765. The van der Waals surface area contributed by atoms with Gasteiger partial charge in [-0.2, -0.15) is 0 Å². The number of aliphatic hydroxyl groups is 1. The summed E-state index contributed by atoms with van der Waals surface area (Å²) < 4.78 is 4.71. The predicted molar refractivity (Wildman–Crippen MR) is 59.2 cm³/mol. The summed E-state index contributed by atoms with van der Waals surface area (Å²) in [6.07, 6.45) is -1.34. The zero-order chi connectivity index (χ0) is 12.3. The Bertz CT molecular complexity index is 398. The third kappa shape index (κ3) is 2.33. The molecule has 0 aliphatic rings. The standard InChI is InChI=1S/C12H16O4/c1-4-16-12(15)11(14)9-6-5-7(2)10(13)8(9)3/h5-6,11,13-14H,4H2,1-3H3. The van der Waals surface area contributed by atoms with Crippen molar-refractivity contribution in [3.05, 3.63) is 28.8 Å². The Morgan fingerprint density at radius 1 is 1.44 bits per heavy atom. The highest BCUT2D eigenvalue weighted by molar-refractivity contribution is 5.77. The summed E-state index contributed by atoms with van der Waals surface area (Å²) in [7, 11) is 0. The number of rotatable bonds is 3. The van der Waals surface area contributed by atoms with E-state index in [1.54, 1.807) is 32.9 Å². The highest BCUT2D eigenvalue weighted by Crippen LogP contribution is 2.28. The molecule has 16 heavy (non-hydrogen) atoms. The summed E-state index contributed by atoms with van der Waals surface area (Å²) in [6, 6.07) is 3.27. The van der Waals surface area contributed by atoms with Crippen LogP contribution in [0.4, 0.5) is 0 Å². The molecule has 0 spiro atoms. The zero-order valence-electron chi connectivity index (χ0n) is 9.65. The smallest absolute Gasteiger partial charge is 0.339 e. The largest absolute Gasteiger partial charge is 0.507 e. The van der Waals surface area contributed by atoms with E-state index in [2.05, 4.69) is 0 Å². The third-order valence-electron chi connectivity index (χ3n) is 2.48. The molecule has 4 nitrogen and oxygen atoms in total. The van der Waals surface area contributed by atoms with Crippen LogP contribution in [0.5, 0.6) is 5.75 Å². The van der Waals surface area contributed by atoms with Crippen molar-refractivity contribution in [2.24, 2.45) is 0 Å². The average molecular weight is 224 g/mol. The summed E-state index contributed by atoms with van der Waals surface area (Å²) in [5, 5.41) is 19.4. The number of ether oxygens (including phenoxy) is 1. The van der Waals surface area contributed by atoms with Crippen molar-refractivity contribution in [2.45, 2.75) is 26.9 Å². The van der Waals surface area contributed by atoms with E-state index in [9.17, 15) is 15.0 Å². The second kappa shape index (κ2) is 4.99. The SMILES string of the molecule is CCOC(=O)C(O)c1ccc(C)c(O)c1C. The molecule has 1 atom stereocenters. The number of esters is 1. The van der Waals surface area contributed by atoms with Gasteiger partial charge in [-0.15, -0.1) is 0 Å². The highest BCUT2D eigenvalue weighted by Gasteiger charge is 2.22. The second-order valence-electron chi connectivity index (χ2n) is 3.60. The van der Waals surface area contributed by atoms with E-state index < -0.39 is 12.1 Å². The number of carbonyl (C=O) groups is 1. The lowest BCUT2D eigenvalue weighted by atomic mass is 10.00. The highest BCUT2D eigenvalue weighted by atomic mass is 16.5. The lowest BCUT2D eigenvalue weighted by Crippen LogP contribution is -2.16. The molecule has 0 aliphatic carbocycles. The molecule has 1 rings (SSSR count). The Balaban J connectivity index is 3.05. The van der Waals surface area contributed by atoms with Crippen LogP contribution in [-0.2, 0) is 9.53 Å². The number of phenols is 1. The van der Waals surface area contributed by atoms with Gasteiger partial charge in [-0.1, -0.05) is 12.1 Å². The van der Waals surface area contributed by atoms with Crippen LogP contribution in [0.3, 0.4) is 0 Å². The first kappa shape index (κ1) is 12.5. The Kier molecular flexibility index (Phi) is 3.90. The van der Waals surface area contributed by atoms with Crippen molar-refractivity contribution in [3.63, 3.8) is 0 Å². The molecule has 0 fully saturated rings. The van der Waals surface area contributed by atoms with Crippen molar-refractivity contribution in [1.82, 2.24) is 0 Å². The van der Waals surface area contributed by atoms with Crippen LogP contribution in [0, 0.1) is 13.8 Å². The van der Waals surface area contributed by atoms with Gasteiger partial charge in [0.1, 0.15) is 5.75 Å². The molecule has 2 N–H and O–H groups in total. The summed E-state index contributed by atoms with van der Waals surface area (Å²) in [4.78, 5) is 11.3. The fraction of sp³-hybridized carbons (Fsp3) is 0.417. The molecule has 1 aromatic rings. The minimum atomic E-state index is -1.34. The lowest BCUT2D eigenvalue weighted by molar-refractivity contribution is -0.153. The summed E-state index contributed by atoms with van der Waals surface area (Å²) >= 11 is 0. The maximum Gasteiger partial charge on any atom is 0.339 e. The van der Waals surface area contributed by atoms with Crippen LogP contribution >= 0.6 is 0 Å². The second-order valence-corrected chi connectivity index (χ2v) is 3.60. The molecule has 0 bridgehead atoms. The average Bonchev–Trinajstić information content (AvgIpc) is 2.26. The fourth-order valence-corrected chi connectivity index (χ4v) is 1.50. The van der Waals surface area contributed by atoms with Gasteiger partial charge in [0, 0.05) is 0 Å². The van der Waals surface area contributed by atoms with Crippen LogP contribution in [0.25, 0.3) is 0 Å². The maximum absolute atomic E-state index is 11.3. The molecule has 1 unspecified atom stereocenters. The summed E-state index contributed by atoms with van der Waals surface area (Å²) in [6.45, 7) is 5.29. The number of hydrogen-bond donors (Lipinski definition) is 2. The number of aryl methyl sites for hydroxylation is 1. The Hall–Kier alpha value is -1.55. The van der Waals surface area contributed by atoms with Gasteiger partial charge in [-0.05, 0) is 37.5 Å². The van der Waals surface area contributed by atoms with E-state index in [0.29, 0.717) is 16.7 Å². The van der Waals surface area contributed by atoms with Crippen molar-refractivity contribution in [2.75, 3.05) is 6.61 Å². The van der Waals surface area contributed by atoms with E-state index in [1.165, 1.54) is 0 Å². The van der Waals surface area contributed by atoms with Gasteiger partial charge in [0.2, 0.25) is 0 Å². The molecule has 4 heteroatoms. The normalized spacial score (nSPS) is 12.2. The number of carbonyl (C=O) groups excluding carboxylic acids is 1. The van der Waals surface area contributed by atoms with Crippen LogP contribution in [0.1, 0.15) is 29.7 Å². The molecule has 0 amide bonds. The van der Waals surface area contributed by atoms with Crippen molar-refractivity contribution in [1.29, 1.82) is 0 Å². The van der Waals surface area contributed by atoms with Crippen LogP contribution < -0.4 is 0 Å². The molecular weight excluding hydrogens is 208 g/mol. The number of aromatic hydroxyl groups is 1. The van der Waals surface area contributed by atoms with Gasteiger partial charge in [-0.3, -0.25) is 0 Å². The number of aliphatic hydroxyl groups excluding tert-OH is 1. The van der Waals surface area contributed by atoms with Gasteiger partial charge in [-0.25, -0.2) is 4.79 Å². The topological polar surface area (TPSA) is 66.8 Å². The zero-order valence-corrected chi connectivity index (χ0v) is 9.65. The van der Waals surface area contributed by atoms with Crippen LogP contribution in [0.15, 0.2) is 12.1 Å². The Morgan fingerprint density at radius 2 is 2.06 bits per heavy atom. The van der Waals surface area contributed by atoms with Gasteiger partial charge >= 0.3 is 5.97 Å². The van der Waals surface area contributed by atoms with E-state index in [-0.39, 0.29) is 12.4 Å². The van der Waals surface area contributed by atoms with Crippen LogP contribution in [0.2, 0.25) is 0 Å². The van der Waals surface area contributed by atoms with Gasteiger partial charge in [0.05, 0.1) is 6.61 Å². The van der Waals surface area contributed by atoms with Gasteiger partial charge in [0.15, 0.2) is 6.10 Å². The fourth-order valence-electron chi connectivity index (χ4n) is 1.50. The van der Waals surface area contributed by atoms with Crippen molar-refractivity contribution in [3.8, 4) is 5.75 Å². The monoisotopic (exact) mass is 224 g/mol. The summed E-state index contributed by atoms with van der Waals surface area (Å²) in [5.74, 6) is -0.602. The molecule has 0 aliphatic heterocycles. The Labute approximate surface area is 94.5 Å². The van der Waals surface area contributed by atoms with E-state index in [1.807, 2.05) is 0 Å². The predicted octanol–water partition coefficient (Wildman–Crippen LogP) is 1.61. The third-order valence-corrected chi connectivity index (χ3v) is 2.48. The number of hydrogen-bond acceptors (Lipinski definition) is 4. The molecule has 0 aromatic heterocycles. The first-order valence-electron chi connectivity index (χ1n) is 5.12. The minimum Gasteiger partial charge on any atom is -0.507 e. The summed E-state index contributed by atoms with van der Waals surface area (Å²) in [5.41, 5.74) is 1.58. The van der Waals surface area contributed by atoms with E-state index >= 15 is 0 Å². The Morgan fingerprint density at radius 3 is 2.62 bits per heavy atom. The van der Waals surface area contributed by atoms with Gasteiger partial charge in [0.25, 0.3) is 0 Å². The minimum absolute atomic E-state index is 0.0980. The first-order valence-corrected chi connectivity index (χ1v) is 5.12. The van der Waals surface area contributed by atoms with Crippen molar-refractivity contribution < 1.29 is 19.7 Å². The van der Waals surface area contributed by atoms with Crippen LogP contribution in [-0.4, -0.2) is 22.8 Å². The van der Waals surface area contributed by atoms with Gasteiger partial charge < -0.3 is 14.9 Å². The molecule has 1 aromatic carbocycles. The lowest BCUT2D eigenvalue weighted by Gasteiger charge is -2.14. The molecular formula is C12H16O4. The number of benzene rings is 1. The molecule has 0 saturated heterocycles. The van der Waals surface area contributed by atoms with E-state index in [0.717, 1.165) is 0 Å².